The van der Waals surface area contributed by atoms with Gasteiger partial charge in [-0.1, -0.05) is 13.8 Å². The molecule has 0 aliphatic carbocycles. The maximum absolute atomic E-state index is 3.64. The summed E-state index contributed by atoms with van der Waals surface area (Å²) < 4.78 is 0. The SMILES string of the molecule is CC(C)CN1CCN(CCC2CSCCN2)CC1. The Morgan fingerprint density at radius 1 is 1.17 bits per heavy atom. The Morgan fingerprint density at radius 3 is 2.50 bits per heavy atom. The van der Waals surface area contributed by atoms with Gasteiger partial charge in [0.1, 0.15) is 0 Å². The maximum atomic E-state index is 3.64. The van der Waals surface area contributed by atoms with Gasteiger partial charge in [0.05, 0.1) is 0 Å². The van der Waals surface area contributed by atoms with Gasteiger partial charge < -0.3 is 15.1 Å². The van der Waals surface area contributed by atoms with Crippen molar-refractivity contribution in [1.82, 2.24) is 15.1 Å². The van der Waals surface area contributed by atoms with E-state index in [9.17, 15) is 0 Å². The van der Waals surface area contributed by atoms with E-state index in [0.29, 0.717) is 0 Å². The molecular formula is C14H29N3S. The van der Waals surface area contributed by atoms with Crippen LogP contribution in [0, 0.1) is 5.92 Å². The second-order valence-corrected chi connectivity index (χ2v) is 7.20. The van der Waals surface area contributed by atoms with Crippen LogP contribution in [-0.2, 0) is 0 Å². The van der Waals surface area contributed by atoms with E-state index in [2.05, 4.69) is 40.7 Å². The minimum absolute atomic E-state index is 0.762. The lowest BCUT2D eigenvalue weighted by molar-refractivity contribution is 0.119. The predicted molar refractivity (Wildman–Crippen MR) is 81.5 cm³/mol. The van der Waals surface area contributed by atoms with Gasteiger partial charge in [0.2, 0.25) is 0 Å². The zero-order valence-electron chi connectivity index (χ0n) is 12.0. The third-order valence-corrected chi connectivity index (χ3v) is 5.01. The van der Waals surface area contributed by atoms with Crippen LogP contribution in [0.25, 0.3) is 0 Å². The van der Waals surface area contributed by atoms with Gasteiger partial charge in [0.25, 0.3) is 0 Å². The molecule has 4 heteroatoms. The molecule has 2 rings (SSSR count). The van der Waals surface area contributed by atoms with Crippen LogP contribution in [0.2, 0.25) is 0 Å². The molecular weight excluding hydrogens is 242 g/mol. The molecule has 0 aromatic carbocycles. The molecule has 0 amide bonds. The maximum Gasteiger partial charge on any atom is 0.0170 e. The fourth-order valence-corrected chi connectivity index (χ4v) is 3.85. The lowest BCUT2D eigenvalue weighted by Crippen LogP contribution is -2.48. The van der Waals surface area contributed by atoms with Gasteiger partial charge in [-0.15, -0.1) is 0 Å². The van der Waals surface area contributed by atoms with Crippen molar-refractivity contribution in [2.75, 3.05) is 57.3 Å². The number of piperazine rings is 1. The molecule has 1 unspecified atom stereocenters. The first-order valence-electron chi connectivity index (χ1n) is 7.50. The smallest absolute Gasteiger partial charge is 0.0170 e. The van der Waals surface area contributed by atoms with Gasteiger partial charge in [-0.2, -0.15) is 11.8 Å². The summed E-state index contributed by atoms with van der Waals surface area (Å²) in [5.41, 5.74) is 0. The number of thioether (sulfide) groups is 1. The Balaban J connectivity index is 1.58. The van der Waals surface area contributed by atoms with Crippen LogP contribution < -0.4 is 5.32 Å². The van der Waals surface area contributed by atoms with E-state index in [1.54, 1.807) is 0 Å². The molecule has 2 heterocycles. The highest BCUT2D eigenvalue weighted by molar-refractivity contribution is 7.99. The highest BCUT2D eigenvalue weighted by Crippen LogP contribution is 2.12. The molecule has 18 heavy (non-hydrogen) atoms. The number of rotatable bonds is 5. The fourth-order valence-electron chi connectivity index (χ4n) is 2.86. The van der Waals surface area contributed by atoms with Crippen molar-refractivity contribution >= 4 is 11.8 Å². The number of hydrogen-bond donors (Lipinski definition) is 1. The molecule has 0 saturated carbocycles. The Hall–Kier alpha value is 0.230. The molecule has 0 bridgehead atoms. The molecule has 2 aliphatic rings. The number of nitrogens with one attached hydrogen (secondary N) is 1. The van der Waals surface area contributed by atoms with Crippen LogP contribution in [0.15, 0.2) is 0 Å². The van der Waals surface area contributed by atoms with Crippen LogP contribution >= 0.6 is 11.8 Å². The molecule has 1 atom stereocenters. The van der Waals surface area contributed by atoms with Crippen LogP contribution in [0.5, 0.6) is 0 Å². The zero-order valence-corrected chi connectivity index (χ0v) is 12.8. The summed E-state index contributed by atoms with van der Waals surface area (Å²) in [7, 11) is 0. The summed E-state index contributed by atoms with van der Waals surface area (Å²) in [6.45, 7) is 13.5. The third kappa shape index (κ3) is 5.08. The molecule has 1 N–H and O–H groups in total. The summed E-state index contributed by atoms with van der Waals surface area (Å²) in [5.74, 6) is 3.41. The molecule has 0 radical (unpaired) electrons. The van der Waals surface area contributed by atoms with Gasteiger partial charge in [0.15, 0.2) is 0 Å². The molecule has 2 saturated heterocycles. The molecule has 2 fully saturated rings. The Bertz CT molecular complexity index is 221. The normalized spacial score (nSPS) is 27.8. The summed E-state index contributed by atoms with van der Waals surface area (Å²) in [6, 6.07) is 0.762. The van der Waals surface area contributed by atoms with Crippen molar-refractivity contribution in [1.29, 1.82) is 0 Å². The molecule has 106 valence electrons. The zero-order chi connectivity index (χ0) is 12.8. The van der Waals surface area contributed by atoms with Crippen molar-refractivity contribution in [3.63, 3.8) is 0 Å². The average molecular weight is 271 g/mol. The number of hydrogen-bond acceptors (Lipinski definition) is 4. The first-order valence-corrected chi connectivity index (χ1v) is 8.65. The average Bonchev–Trinajstić information content (AvgIpc) is 2.38. The summed E-state index contributed by atoms with van der Waals surface area (Å²) in [5, 5.41) is 3.64. The van der Waals surface area contributed by atoms with Crippen LogP contribution in [0.3, 0.4) is 0 Å². The Kier molecular flexibility index (Phi) is 6.29. The lowest BCUT2D eigenvalue weighted by atomic mass is 10.1. The van der Waals surface area contributed by atoms with Crippen LogP contribution in [-0.4, -0.2) is 73.2 Å². The predicted octanol–water partition coefficient (Wildman–Crippen LogP) is 1.36. The van der Waals surface area contributed by atoms with Crippen LogP contribution in [0.1, 0.15) is 20.3 Å². The molecule has 0 aromatic heterocycles. The van der Waals surface area contributed by atoms with E-state index in [-0.39, 0.29) is 0 Å². The quantitative estimate of drug-likeness (QED) is 0.813. The molecule has 2 aliphatic heterocycles. The van der Waals surface area contributed by atoms with E-state index in [1.165, 1.54) is 63.7 Å². The second-order valence-electron chi connectivity index (χ2n) is 6.05. The van der Waals surface area contributed by atoms with Gasteiger partial charge in [-0.3, -0.25) is 0 Å². The van der Waals surface area contributed by atoms with Crippen molar-refractivity contribution in [2.45, 2.75) is 26.3 Å². The largest absolute Gasteiger partial charge is 0.312 e. The Labute approximate surface area is 117 Å². The molecule has 0 aromatic rings. The summed E-state index contributed by atoms with van der Waals surface area (Å²) in [4.78, 5) is 5.27. The highest BCUT2D eigenvalue weighted by atomic mass is 32.2. The van der Waals surface area contributed by atoms with E-state index in [0.717, 1.165) is 12.0 Å². The lowest BCUT2D eigenvalue weighted by Gasteiger charge is -2.36. The van der Waals surface area contributed by atoms with E-state index in [4.69, 9.17) is 0 Å². The second kappa shape index (κ2) is 7.73. The fraction of sp³-hybridized carbons (Fsp3) is 1.00. The highest BCUT2D eigenvalue weighted by Gasteiger charge is 2.19. The third-order valence-electron chi connectivity index (χ3n) is 3.88. The monoisotopic (exact) mass is 271 g/mol. The minimum Gasteiger partial charge on any atom is -0.312 e. The topological polar surface area (TPSA) is 18.5 Å². The van der Waals surface area contributed by atoms with Gasteiger partial charge >= 0.3 is 0 Å². The number of nitrogens with zero attached hydrogens (tertiary/aromatic N) is 2. The van der Waals surface area contributed by atoms with Crippen molar-refractivity contribution in [3.05, 3.63) is 0 Å². The van der Waals surface area contributed by atoms with E-state index < -0.39 is 0 Å². The van der Waals surface area contributed by atoms with Gasteiger partial charge in [-0.05, 0) is 18.9 Å². The molecule has 3 nitrogen and oxygen atoms in total. The van der Waals surface area contributed by atoms with Crippen molar-refractivity contribution in [3.8, 4) is 0 Å². The van der Waals surface area contributed by atoms with Crippen molar-refractivity contribution in [2.24, 2.45) is 5.92 Å². The van der Waals surface area contributed by atoms with E-state index >= 15 is 0 Å². The van der Waals surface area contributed by atoms with E-state index in [1.807, 2.05) is 0 Å². The van der Waals surface area contributed by atoms with Crippen LogP contribution in [0.4, 0.5) is 0 Å². The first-order chi connectivity index (χ1) is 8.74. The first kappa shape index (κ1) is 14.6. The summed E-state index contributed by atoms with van der Waals surface area (Å²) in [6.07, 6.45) is 1.33. The standard InChI is InChI=1S/C14H29N3S/c1-13(2)11-17-8-6-16(7-9-17)5-3-14-12-18-10-4-15-14/h13-15H,3-12H2,1-2H3. The Morgan fingerprint density at radius 2 is 1.89 bits per heavy atom. The van der Waals surface area contributed by atoms with Crippen molar-refractivity contribution < 1.29 is 0 Å². The van der Waals surface area contributed by atoms with Gasteiger partial charge in [-0.25, -0.2) is 0 Å². The molecule has 0 spiro atoms. The van der Waals surface area contributed by atoms with Gasteiger partial charge in [0, 0.05) is 56.8 Å². The summed E-state index contributed by atoms with van der Waals surface area (Å²) >= 11 is 2.11. The minimum atomic E-state index is 0.762.